The van der Waals surface area contributed by atoms with Crippen LogP contribution in [0.25, 0.3) is 0 Å². The Bertz CT molecular complexity index is 209. The van der Waals surface area contributed by atoms with E-state index in [1.54, 1.807) is 0 Å². The van der Waals surface area contributed by atoms with E-state index in [0.29, 0.717) is 12.0 Å². The standard InChI is InChI=1S/C13H28N2/c1-8-9-11(4)13(14,10(2)3)12(5)15(6)7/h10,12H,4,8-9,14H2,1-3,5-7H3. The molecule has 0 aromatic heterocycles. The summed E-state index contributed by atoms with van der Waals surface area (Å²) in [6, 6.07) is 0.316. The average molecular weight is 212 g/mol. The molecule has 2 atom stereocenters. The van der Waals surface area contributed by atoms with Gasteiger partial charge in [0.2, 0.25) is 0 Å². The molecule has 0 saturated heterocycles. The highest BCUT2D eigenvalue weighted by Gasteiger charge is 2.38. The smallest absolute Gasteiger partial charge is 0.0544 e. The van der Waals surface area contributed by atoms with Gasteiger partial charge in [-0.3, -0.25) is 0 Å². The molecule has 0 aliphatic carbocycles. The van der Waals surface area contributed by atoms with Gasteiger partial charge in [0.1, 0.15) is 0 Å². The molecule has 0 saturated carbocycles. The molecule has 0 radical (unpaired) electrons. The van der Waals surface area contributed by atoms with Crippen LogP contribution >= 0.6 is 0 Å². The molecule has 0 amide bonds. The van der Waals surface area contributed by atoms with Crippen molar-refractivity contribution in [1.82, 2.24) is 4.90 Å². The molecular weight excluding hydrogens is 184 g/mol. The largest absolute Gasteiger partial charge is 0.320 e. The zero-order valence-corrected chi connectivity index (χ0v) is 11.3. The molecule has 2 N–H and O–H groups in total. The summed E-state index contributed by atoms with van der Waals surface area (Å²) in [6.07, 6.45) is 2.14. The Morgan fingerprint density at radius 3 is 2.07 bits per heavy atom. The van der Waals surface area contributed by atoms with E-state index >= 15 is 0 Å². The second kappa shape index (κ2) is 5.66. The molecule has 0 fully saturated rings. The van der Waals surface area contributed by atoms with E-state index < -0.39 is 0 Å². The SMILES string of the molecule is C=C(CCC)C(N)(C(C)C)C(C)N(C)C. The molecule has 0 heterocycles. The number of hydrogen-bond acceptors (Lipinski definition) is 2. The topological polar surface area (TPSA) is 29.3 Å². The van der Waals surface area contributed by atoms with Gasteiger partial charge >= 0.3 is 0 Å². The third kappa shape index (κ3) is 3.05. The zero-order valence-electron chi connectivity index (χ0n) is 11.3. The Hall–Kier alpha value is -0.340. The van der Waals surface area contributed by atoms with E-state index in [9.17, 15) is 0 Å². The maximum Gasteiger partial charge on any atom is 0.0544 e. The highest BCUT2D eigenvalue weighted by atomic mass is 15.1. The van der Waals surface area contributed by atoms with Crippen LogP contribution < -0.4 is 5.73 Å². The van der Waals surface area contributed by atoms with Gasteiger partial charge in [-0.15, -0.1) is 0 Å². The summed E-state index contributed by atoms with van der Waals surface area (Å²) in [7, 11) is 4.15. The summed E-state index contributed by atoms with van der Waals surface area (Å²) >= 11 is 0. The van der Waals surface area contributed by atoms with Gasteiger partial charge < -0.3 is 10.6 Å². The molecule has 0 rings (SSSR count). The molecule has 2 heteroatoms. The van der Waals surface area contributed by atoms with Gasteiger partial charge in [-0.2, -0.15) is 0 Å². The molecule has 0 bridgehead atoms. The molecule has 90 valence electrons. The minimum Gasteiger partial charge on any atom is -0.320 e. The number of likely N-dealkylation sites (N-methyl/N-ethyl adjacent to an activating group) is 1. The molecule has 0 aromatic carbocycles. The van der Waals surface area contributed by atoms with Crippen molar-refractivity contribution >= 4 is 0 Å². The lowest BCUT2D eigenvalue weighted by atomic mass is 9.74. The lowest BCUT2D eigenvalue weighted by Crippen LogP contribution is -2.59. The van der Waals surface area contributed by atoms with Gasteiger partial charge in [-0.1, -0.05) is 39.3 Å². The van der Waals surface area contributed by atoms with Crippen LogP contribution in [0.1, 0.15) is 40.5 Å². The maximum atomic E-state index is 6.57. The fourth-order valence-electron chi connectivity index (χ4n) is 2.13. The summed E-state index contributed by atoms with van der Waals surface area (Å²) in [5.41, 5.74) is 7.48. The Labute approximate surface area is 95.5 Å². The first kappa shape index (κ1) is 14.7. The van der Waals surface area contributed by atoms with Crippen molar-refractivity contribution in [2.45, 2.75) is 52.1 Å². The Kier molecular flexibility index (Phi) is 5.54. The molecular formula is C13H28N2. The predicted molar refractivity (Wildman–Crippen MR) is 69.0 cm³/mol. The first-order chi connectivity index (χ1) is 6.78. The van der Waals surface area contributed by atoms with Crippen molar-refractivity contribution in [2.75, 3.05) is 14.1 Å². The van der Waals surface area contributed by atoms with Crippen LogP contribution in [0.3, 0.4) is 0 Å². The number of nitrogens with zero attached hydrogens (tertiary/aromatic N) is 1. The summed E-state index contributed by atoms with van der Waals surface area (Å²) in [6.45, 7) is 12.9. The first-order valence-corrected chi connectivity index (χ1v) is 5.91. The summed E-state index contributed by atoms with van der Waals surface area (Å²) in [5, 5.41) is 0. The van der Waals surface area contributed by atoms with Gasteiger partial charge in [0, 0.05) is 6.04 Å². The molecule has 2 nitrogen and oxygen atoms in total. The quantitative estimate of drug-likeness (QED) is 0.686. The molecule has 15 heavy (non-hydrogen) atoms. The van der Waals surface area contributed by atoms with E-state index in [1.807, 2.05) is 0 Å². The number of nitrogens with two attached hydrogens (primary N) is 1. The number of rotatable bonds is 6. The third-order valence-corrected chi connectivity index (χ3v) is 3.59. The van der Waals surface area contributed by atoms with Gasteiger partial charge in [-0.05, 0) is 33.4 Å². The van der Waals surface area contributed by atoms with Crippen LogP contribution in [0, 0.1) is 5.92 Å². The van der Waals surface area contributed by atoms with Crippen LogP contribution in [0.2, 0.25) is 0 Å². The highest BCUT2D eigenvalue weighted by molar-refractivity contribution is 5.21. The molecule has 0 spiro atoms. The Morgan fingerprint density at radius 1 is 1.33 bits per heavy atom. The highest BCUT2D eigenvalue weighted by Crippen LogP contribution is 2.30. The van der Waals surface area contributed by atoms with Crippen molar-refractivity contribution in [3.63, 3.8) is 0 Å². The van der Waals surface area contributed by atoms with E-state index in [-0.39, 0.29) is 5.54 Å². The zero-order chi connectivity index (χ0) is 12.2. The van der Waals surface area contributed by atoms with Crippen LogP contribution in [0.4, 0.5) is 0 Å². The maximum absolute atomic E-state index is 6.57. The van der Waals surface area contributed by atoms with Gasteiger partial charge in [0.05, 0.1) is 5.54 Å². The lowest BCUT2D eigenvalue weighted by Gasteiger charge is -2.44. The van der Waals surface area contributed by atoms with Gasteiger partial charge in [0.15, 0.2) is 0 Å². The average Bonchev–Trinajstić information content (AvgIpc) is 2.15. The van der Waals surface area contributed by atoms with Gasteiger partial charge in [-0.25, -0.2) is 0 Å². The van der Waals surface area contributed by atoms with Crippen molar-refractivity contribution in [3.8, 4) is 0 Å². The number of hydrogen-bond donors (Lipinski definition) is 1. The normalized spacial score (nSPS) is 17.9. The van der Waals surface area contributed by atoms with E-state index in [0.717, 1.165) is 12.8 Å². The molecule has 0 aliphatic heterocycles. The van der Waals surface area contributed by atoms with E-state index in [4.69, 9.17) is 5.73 Å². The summed E-state index contributed by atoms with van der Waals surface area (Å²) < 4.78 is 0. The predicted octanol–water partition coefficient (Wildman–Crippen LogP) is 2.65. The van der Waals surface area contributed by atoms with E-state index in [2.05, 4.69) is 53.3 Å². The summed E-state index contributed by atoms with van der Waals surface area (Å²) in [4.78, 5) is 2.18. The molecule has 0 aromatic rings. The second-order valence-electron chi connectivity index (χ2n) is 5.08. The Morgan fingerprint density at radius 2 is 1.80 bits per heavy atom. The molecule has 0 aliphatic rings. The van der Waals surface area contributed by atoms with Crippen LogP contribution in [0.5, 0.6) is 0 Å². The van der Waals surface area contributed by atoms with Crippen LogP contribution in [-0.4, -0.2) is 30.6 Å². The van der Waals surface area contributed by atoms with Crippen molar-refractivity contribution < 1.29 is 0 Å². The van der Waals surface area contributed by atoms with Crippen molar-refractivity contribution in [3.05, 3.63) is 12.2 Å². The fraction of sp³-hybridized carbons (Fsp3) is 0.846. The minimum atomic E-state index is -0.278. The Balaban J connectivity index is 4.97. The van der Waals surface area contributed by atoms with Gasteiger partial charge in [0.25, 0.3) is 0 Å². The van der Waals surface area contributed by atoms with E-state index in [1.165, 1.54) is 5.57 Å². The monoisotopic (exact) mass is 212 g/mol. The lowest BCUT2D eigenvalue weighted by molar-refractivity contribution is 0.173. The third-order valence-electron chi connectivity index (χ3n) is 3.59. The first-order valence-electron chi connectivity index (χ1n) is 5.91. The van der Waals surface area contributed by atoms with Crippen LogP contribution in [0.15, 0.2) is 12.2 Å². The minimum absolute atomic E-state index is 0.278. The summed E-state index contributed by atoms with van der Waals surface area (Å²) in [5.74, 6) is 0.411. The van der Waals surface area contributed by atoms with Crippen molar-refractivity contribution in [1.29, 1.82) is 0 Å². The van der Waals surface area contributed by atoms with Crippen molar-refractivity contribution in [2.24, 2.45) is 11.7 Å². The second-order valence-corrected chi connectivity index (χ2v) is 5.08. The molecule has 2 unspecified atom stereocenters. The van der Waals surface area contributed by atoms with Crippen LogP contribution in [-0.2, 0) is 0 Å². The fourth-order valence-corrected chi connectivity index (χ4v) is 2.13.